The predicted octanol–water partition coefficient (Wildman–Crippen LogP) is 2.41. The van der Waals surface area contributed by atoms with Crippen LogP contribution >= 0.6 is 0 Å². The number of hydrazone groups is 1. The van der Waals surface area contributed by atoms with Gasteiger partial charge in [-0.3, -0.25) is 9.59 Å². The average Bonchev–Trinajstić information content (AvgIpc) is 2.60. The van der Waals surface area contributed by atoms with Crippen LogP contribution in [0.2, 0.25) is 0 Å². The number of nitrogens with zero attached hydrogens (tertiary/aromatic N) is 1. The number of carbonyl (C=O) groups is 2. The van der Waals surface area contributed by atoms with Crippen LogP contribution in [0.25, 0.3) is 0 Å². The molecule has 2 N–H and O–H groups in total. The average molecular weight is 355 g/mol. The number of hydrogen-bond donors (Lipinski definition) is 2. The Bertz CT molecular complexity index is 826. The predicted molar refractivity (Wildman–Crippen MR) is 99.8 cm³/mol. The lowest BCUT2D eigenvalue weighted by molar-refractivity contribution is -0.136. The topological polar surface area (TPSA) is 89.0 Å². The van der Waals surface area contributed by atoms with Crippen LogP contribution in [-0.4, -0.2) is 32.2 Å². The third kappa shape index (κ3) is 5.07. The maximum Gasteiger partial charge on any atom is 0.329 e. The molecule has 7 nitrogen and oxygen atoms in total. The van der Waals surface area contributed by atoms with Gasteiger partial charge in [0.1, 0.15) is 11.5 Å². The number of carbonyl (C=O) groups excluding carboxylic acids is 2. The Hall–Kier alpha value is -3.35. The molecule has 0 unspecified atom stereocenters. The molecule has 26 heavy (non-hydrogen) atoms. The number of hydrogen-bond acceptors (Lipinski definition) is 5. The van der Waals surface area contributed by atoms with Gasteiger partial charge >= 0.3 is 11.8 Å². The van der Waals surface area contributed by atoms with Crippen molar-refractivity contribution in [2.45, 2.75) is 13.8 Å². The quantitative estimate of drug-likeness (QED) is 0.490. The highest BCUT2D eigenvalue weighted by atomic mass is 16.5. The molecule has 0 saturated heterocycles. The molecule has 2 aromatic carbocycles. The van der Waals surface area contributed by atoms with Crippen LogP contribution in [0.5, 0.6) is 11.5 Å². The molecule has 136 valence electrons. The fourth-order valence-corrected chi connectivity index (χ4v) is 2.37. The van der Waals surface area contributed by atoms with Crippen molar-refractivity contribution in [2.24, 2.45) is 5.10 Å². The highest BCUT2D eigenvalue weighted by Gasteiger charge is 2.13. The summed E-state index contributed by atoms with van der Waals surface area (Å²) in [6.45, 7) is 3.82. The lowest BCUT2D eigenvalue weighted by atomic mass is 10.1. The first-order chi connectivity index (χ1) is 12.4. The van der Waals surface area contributed by atoms with E-state index >= 15 is 0 Å². The largest absolute Gasteiger partial charge is 0.497 e. The van der Waals surface area contributed by atoms with Gasteiger partial charge in [-0.2, -0.15) is 5.10 Å². The number of anilines is 1. The van der Waals surface area contributed by atoms with Gasteiger partial charge < -0.3 is 14.8 Å². The lowest BCUT2D eigenvalue weighted by Gasteiger charge is -2.07. The van der Waals surface area contributed by atoms with Crippen LogP contribution in [0.3, 0.4) is 0 Å². The van der Waals surface area contributed by atoms with Crippen LogP contribution in [-0.2, 0) is 9.59 Å². The van der Waals surface area contributed by atoms with Gasteiger partial charge in [0.15, 0.2) is 0 Å². The number of ether oxygens (including phenoxy) is 2. The van der Waals surface area contributed by atoms with Crippen LogP contribution < -0.4 is 20.2 Å². The molecule has 0 aliphatic heterocycles. The van der Waals surface area contributed by atoms with Crippen molar-refractivity contribution >= 4 is 23.7 Å². The molecule has 0 saturated carbocycles. The minimum Gasteiger partial charge on any atom is -0.497 e. The molecule has 2 rings (SSSR count). The maximum absolute atomic E-state index is 11.9. The first kappa shape index (κ1) is 19.0. The number of rotatable bonds is 5. The Morgan fingerprint density at radius 3 is 2.27 bits per heavy atom. The van der Waals surface area contributed by atoms with E-state index in [1.54, 1.807) is 37.4 Å². The smallest absolute Gasteiger partial charge is 0.329 e. The van der Waals surface area contributed by atoms with Gasteiger partial charge in [0, 0.05) is 17.3 Å². The van der Waals surface area contributed by atoms with Gasteiger partial charge in [-0.05, 0) is 49.2 Å². The van der Waals surface area contributed by atoms with Gasteiger partial charge in [-0.1, -0.05) is 6.07 Å². The standard InChI is InChI=1S/C19H21N3O4/c1-12-7-13(2)9-15(8-12)21-18(23)19(24)22-20-11-14-5-6-16(25-3)10-17(14)26-4/h5-11H,1-4H3,(H,21,23)(H,22,24)/b20-11-. The van der Waals surface area contributed by atoms with E-state index in [4.69, 9.17) is 9.47 Å². The fraction of sp³-hybridized carbons (Fsp3) is 0.211. The zero-order valence-electron chi connectivity index (χ0n) is 15.1. The number of aryl methyl sites for hydroxylation is 2. The van der Waals surface area contributed by atoms with Gasteiger partial charge in [-0.25, -0.2) is 5.43 Å². The van der Waals surface area contributed by atoms with Crippen LogP contribution in [0.1, 0.15) is 16.7 Å². The highest BCUT2D eigenvalue weighted by Crippen LogP contribution is 2.23. The highest BCUT2D eigenvalue weighted by molar-refractivity contribution is 6.39. The van der Waals surface area contributed by atoms with E-state index < -0.39 is 11.8 Å². The van der Waals surface area contributed by atoms with Crippen LogP contribution in [0.15, 0.2) is 41.5 Å². The Morgan fingerprint density at radius 1 is 0.962 bits per heavy atom. The van der Waals surface area contributed by atoms with Crippen molar-refractivity contribution in [2.75, 3.05) is 19.5 Å². The molecule has 2 amide bonds. The summed E-state index contributed by atoms with van der Waals surface area (Å²) >= 11 is 0. The molecule has 0 aromatic heterocycles. The lowest BCUT2D eigenvalue weighted by Crippen LogP contribution is -2.32. The van der Waals surface area contributed by atoms with Gasteiger partial charge in [0.05, 0.1) is 20.4 Å². The van der Waals surface area contributed by atoms with E-state index in [1.165, 1.54) is 13.3 Å². The van der Waals surface area contributed by atoms with Gasteiger partial charge in [-0.15, -0.1) is 0 Å². The monoisotopic (exact) mass is 355 g/mol. The van der Waals surface area contributed by atoms with Crippen molar-refractivity contribution in [1.29, 1.82) is 0 Å². The summed E-state index contributed by atoms with van der Waals surface area (Å²) in [6, 6.07) is 10.7. The summed E-state index contributed by atoms with van der Waals surface area (Å²) in [5.74, 6) is -0.500. The third-order valence-corrected chi connectivity index (χ3v) is 3.50. The molecule has 0 radical (unpaired) electrons. The molecule has 0 atom stereocenters. The van der Waals surface area contributed by atoms with Crippen molar-refractivity contribution in [3.05, 3.63) is 53.1 Å². The molecule has 0 spiro atoms. The third-order valence-electron chi connectivity index (χ3n) is 3.50. The number of amides is 2. The van der Waals surface area contributed by atoms with E-state index in [-0.39, 0.29) is 0 Å². The zero-order chi connectivity index (χ0) is 19.1. The van der Waals surface area contributed by atoms with Crippen molar-refractivity contribution in [3.8, 4) is 11.5 Å². The molecule has 2 aromatic rings. The van der Waals surface area contributed by atoms with E-state index in [0.29, 0.717) is 22.7 Å². The number of methoxy groups -OCH3 is 2. The fourth-order valence-electron chi connectivity index (χ4n) is 2.37. The second kappa shape index (κ2) is 8.66. The molecule has 0 bridgehead atoms. The summed E-state index contributed by atoms with van der Waals surface area (Å²) < 4.78 is 10.3. The normalized spacial score (nSPS) is 10.5. The Morgan fingerprint density at radius 2 is 1.65 bits per heavy atom. The van der Waals surface area contributed by atoms with E-state index in [1.807, 2.05) is 19.9 Å². The van der Waals surface area contributed by atoms with Crippen molar-refractivity contribution in [1.82, 2.24) is 5.43 Å². The van der Waals surface area contributed by atoms with Crippen LogP contribution in [0, 0.1) is 13.8 Å². The van der Waals surface area contributed by atoms with E-state index in [2.05, 4.69) is 15.8 Å². The summed E-state index contributed by atoms with van der Waals surface area (Å²) in [5.41, 5.74) is 5.36. The second-order valence-corrected chi connectivity index (χ2v) is 5.64. The summed E-state index contributed by atoms with van der Waals surface area (Å²) in [6.07, 6.45) is 1.39. The minimum atomic E-state index is -0.868. The van der Waals surface area contributed by atoms with Gasteiger partial charge in [0.2, 0.25) is 0 Å². The SMILES string of the molecule is COc1ccc(/C=N\NC(=O)C(=O)Nc2cc(C)cc(C)c2)c(OC)c1. The summed E-state index contributed by atoms with van der Waals surface area (Å²) in [7, 11) is 3.07. The molecule has 0 aliphatic rings. The first-order valence-electron chi connectivity index (χ1n) is 7.87. The Balaban J connectivity index is 1.99. The molecule has 0 fully saturated rings. The summed E-state index contributed by atoms with van der Waals surface area (Å²) in [4.78, 5) is 23.8. The van der Waals surface area contributed by atoms with E-state index in [9.17, 15) is 9.59 Å². The number of nitrogens with one attached hydrogen (secondary N) is 2. The second-order valence-electron chi connectivity index (χ2n) is 5.64. The van der Waals surface area contributed by atoms with Gasteiger partial charge in [0.25, 0.3) is 0 Å². The molecular weight excluding hydrogens is 334 g/mol. The van der Waals surface area contributed by atoms with Crippen molar-refractivity contribution < 1.29 is 19.1 Å². The van der Waals surface area contributed by atoms with Crippen molar-refractivity contribution in [3.63, 3.8) is 0 Å². The van der Waals surface area contributed by atoms with E-state index in [0.717, 1.165) is 11.1 Å². The molecular formula is C19H21N3O4. The summed E-state index contributed by atoms with van der Waals surface area (Å²) in [5, 5.41) is 6.34. The maximum atomic E-state index is 11.9. The molecule has 7 heteroatoms. The first-order valence-corrected chi connectivity index (χ1v) is 7.87. The Kier molecular flexibility index (Phi) is 6.32. The number of benzene rings is 2. The minimum absolute atomic E-state index is 0.530. The Labute approximate surface area is 152 Å². The molecule has 0 heterocycles. The zero-order valence-corrected chi connectivity index (χ0v) is 15.1. The molecule has 0 aliphatic carbocycles. The van der Waals surface area contributed by atoms with Crippen LogP contribution in [0.4, 0.5) is 5.69 Å².